The first kappa shape index (κ1) is 10.9. The van der Waals surface area contributed by atoms with Crippen molar-refractivity contribution in [2.24, 2.45) is 17.3 Å². The molecule has 84 valence electrons. The number of ketones is 1. The topological polar surface area (TPSA) is 17.1 Å². The summed E-state index contributed by atoms with van der Waals surface area (Å²) >= 11 is 0. The molecule has 2 aliphatic rings. The summed E-state index contributed by atoms with van der Waals surface area (Å²) in [4.78, 5) is 12.3. The highest BCUT2D eigenvalue weighted by Gasteiger charge is 2.45. The van der Waals surface area contributed by atoms with Crippen LogP contribution < -0.4 is 0 Å². The third kappa shape index (κ3) is 1.56. The number of carbonyl (C=O) groups excluding carboxylic acids is 1. The second-order valence-corrected chi connectivity index (χ2v) is 5.92. The molecule has 0 N–H and O–H groups in total. The summed E-state index contributed by atoms with van der Waals surface area (Å²) in [7, 11) is 0. The van der Waals surface area contributed by atoms with Gasteiger partial charge < -0.3 is 0 Å². The van der Waals surface area contributed by atoms with Crippen LogP contribution in [0.25, 0.3) is 0 Å². The summed E-state index contributed by atoms with van der Waals surface area (Å²) in [5.41, 5.74) is 2.90. The largest absolute Gasteiger partial charge is 0.294 e. The Kier molecular flexibility index (Phi) is 2.52. The molecule has 0 spiro atoms. The Morgan fingerprint density at radius 1 is 1.33 bits per heavy atom. The van der Waals surface area contributed by atoms with Crippen molar-refractivity contribution < 1.29 is 4.79 Å². The van der Waals surface area contributed by atoms with Crippen LogP contribution in [0.3, 0.4) is 0 Å². The molecule has 0 saturated heterocycles. The van der Waals surface area contributed by atoms with Gasteiger partial charge >= 0.3 is 0 Å². The molecule has 0 aromatic heterocycles. The molecule has 0 aromatic carbocycles. The number of hydrogen-bond acceptors (Lipinski definition) is 1. The minimum Gasteiger partial charge on any atom is -0.294 e. The van der Waals surface area contributed by atoms with E-state index < -0.39 is 0 Å². The molecule has 0 aromatic rings. The highest BCUT2D eigenvalue weighted by Crippen LogP contribution is 2.52. The molecule has 2 rings (SSSR count). The Labute approximate surface area is 92.9 Å². The first-order chi connectivity index (χ1) is 6.96. The van der Waals surface area contributed by atoms with Gasteiger partial charge in [-0.3, -0.25) is 4.79 Å². The van der Waals surface area contributed by atoms with Gasteiger partial charge in [0, 0.05) is 11.5 Å². The van der Waals surface area contributed by atoms with E-state index in [0.717, 1.165) is 12.8 Å². The number of fused-ring (bicyclic) bond motifs is 1. The Balaban J connectivity index is 2.45. The van der Waals surface area contributed by atoms with Gasteiger partial charge in [0.25, 0.3) is 0 Å². The molecule has 0 heterocycles. The molecule has 0 radical (unpaired) electrons. The van der Waals surface area contributed by atoms with Gasteiger partial charge in [-0.2, -0.15) is 0 Å². The van der Waals surface area contributed by atoms with E-state index in [1.807, 2.05) is 0 Å². The molecule has 2 aliphatic carbocycles. The fourth-order valence-corrected chi connectivity index (χ4v) is 3.24. The summed E-state index contributed by atoms with van der Waals surface area (Å²) in [6.45, 7) is 8.83. The van der Waals surface area contributed by atoms with E-state index in [2.05, 4.69) is 27.7 Å². The van der Waals surface area contributed by atoms with E-state index in [1.54, 1.807) is 0 Å². The second kappa shape index (κ2) is 3.47. The monoisotopic (exact) mass is 206 g/mol. The fourth-order valence-electron chi connectivity index (χ4n) is 3.24. The van der Waals surface area contributed by atoms with Gasteiger partial charge in [-0.1, -0.05) is 33.3 Å². The summed E-state index contributed by atoms with van der Waals surface area (Å²) < 4.78 is 0. The van der Waals surface area contributed by atoms with Crippen LogP contribution in [0.1, 0.15) is 53.4 Å². The molecule has 1 saturated carbocycles. The maximum atomic E-state index is 12.3. The average molecular weight is 206 g/mol. The van der Waals surface area contributed by atoms with Crippen LogP contribution >= 0.6 is 0 Å². The molecule has 0 aliphatic heterocycles. The van der Waals surface area contributed by atoms with Crippen molar-refractivity contribution >= 4 is 5.78 Å². The maximum absolute atomic E-state index is 12.3. The summed E-state index contributed by atoms with van der Waals surface area (Å²) in [5.74, 6) is 1.26. The van der Waals surface area contributed by atoms with Crippen LogP contribution in [0.5, 0.6) is 0 Å². The smallest absolute Gasteiger partial charge is 0.162 e. The van der Waals surface area contributed by atoms with Crippen molar-refractivity contribution in [2.45, 2.75) is 53.4 Å². The standard InChI is InChI=1S/C14H22O/c1-9(2)11-6-8-14(4)7-5-10(3)13(15)12(11)14/h9-10H,5-8H2,1-4H3/t10?,14-/m0/s1. The van der Waals surface area contributed by atoms with E-state index >= 15 is 0 Å². The van der Waals surface area contributed by atoms with E-state index in [-0.39, 0.29) is 11.3 Å². The SMILES string of the molecule is CC(C)C1=C2C(=O)C(C)CC[C@@]2(C)CC1. The third-order valence-corrected chi connectivity index (χ3v) is 4.39. The molecule has 1 nitrogen and oxygen atoms in total. The maximum Gasteiger partial charge on any atom is 0.162 e. The van der Waals surface area contributed by atoms with Gasteiger partial charge in [0.05, 0.1) is 0 Å². The summed E-state index contributed by atoms with van der Waals surface area (Å²) in [6, 6.07) is 0. The minimum absolute atomic E-state index is 0.225. The Bertz CT molecular complexity index is 324. The fraction of sp³-hybridized carbons (Fsp3) is 0.786. The van der Waals surface area contributed by atoms with E-state index in [4.69, 9.17) is 0 Å². The Hall–Kier alpha value is -0.590. The number of Topliss-reactive ketones (excluding diaryl/α,β-unsaturated/α-hetero) is 1. The molecule has 1 unspecified atom stereocenters. The molecule has 1 fully saturated rings. The Morgan fingerprint density at radius 2 is 2.00 bits per heavy atom. The van der Waals surface area contributed by atoms with Gasteiger partial charge in [0.15, 0.2) is 5.78 Å². The van der Waals surface area contributed by atoms with Crippen LogP contribution in [-0.4, -0.2) is 5.78 Å². The highest BCUT2D eigenvalue weighted by atomic mass is 16.1. The molecular formula is C14H22O. The molecule has 0 amide bonds. The van der Waals surface area contributed by atoms with Gasteiger partial charge in [0.2, 0.25) is 0 Å². The van der Waals surface area contributed by atoms with Crippen LogP contribution in [-0.2, 0) is 4.79 Å². The average Bonchev–Trinajstić information content (AvgIpc) is 2.51. The van der Waals surface area contributed by atoms with Gasteiger partial charge in [-0.25, -0.2) is 0 Å². The van der Waals surface area contributed by atoms with Crippen molar-refractivity contribution in [3.8, 4) is 0 Å². The number of rotatable bonds is 1. The van der Waals surface area contributed by atoms with Gasteiger partial charge in [-0.15, -0.1) is 0 Å². The normalized spacial score (nSPS) is 36.3. The van der Waals surface area contributed by atoms with E-state index in [0.29, 0.717) is 11.7 Å². The van der Waals surface area contributed by atoms with Crippen LogP contribution in [0, 0.1) is 17.3 Å². The highest BCUT2D eigenvalue weighted by molar-refractivity contribution is 6.00. The molecule has 1 heteroatoms. The van der Waals surface area contributed by atoms with Crippen molar-refractivity contribution in [2.75, 3.05) is 0 Å². The van der Waals surface area contributed by atoms with Crippen LogP contribution in [0.15, 0.2) is 11.1 Å². The van der Waals surface area contributed by atoms with E-state index in [1.165, 1.54) is 24.0 Å². The zero-order valence-corrected chi connectivity index (χ0v) is 10.4. The Morgan fingerprint density at radius 3 is 2.60 bits per heavy atom. The predicted molar refractivity (Wildman–Crippen MR) is 62.6 cm³/mol. The van der Waals surface area contributed by atoms with Crippen molar-refractivity contribution in [3.63, 3.8) is 0 Å². The first-order valence-corrected chi connectivity index (χ1v) is 6.23. The molecule has 2 atom stereocenters. The number of allylic oxidation sites excluding steroid dienone is 2. The first-order valence-electron chi connectivity index (χ1n) is 6.23. The lowest BCUT2D eigenvalue weighted by Crippen LogP contribution is -2.32. The van der Waals surface area contributed by atoms with E-state index in [9.17, 15) is 4.79 Å². The summed E-state index contributed by atoms with van der Waals surface area (Å²) in [6.07, 6.45) is 4.66. The second-order valence-electron chi connectivity index (χ2n) is 5.92. The summed E-state index contributed by atoms with van der Waals surface area (Å²) in [5, 5.41) is 0. The third-order valence-electron chi connectivity index (χ3n) is 4.39. The van der Waals surface area contributed by atoms with Gasteiger partial charge in [0.1, 0.15) is 0 Å². The van der Waals surface area contributed by atoms with Gasteiger partial charge in [-0.05, 0) is 37.0 Å². The van der Waals surface area contributed by atoms with Crippen LogP contribution in [0.4, 0.5) is 0 Å². The number of hydrogen-bond donors (Lipinski definition) is 0. The lowest BCUT2D eigenvalue weighted by atomic mass is 9.68. The van der Waals surface area contributed by atoms with Crippen LogP contribution in [0.2, 0.25) is 0 Å². The molecular weight excluding hydrogens is 184 g/mol. The zero-order valence-electron chi connectivity index (χ0n) is 10.4. The zero-order chi connectivity index (χ0) is 11.2. The minimum atomic E-state index is 0.225. The molecule has 0 bridgehead atoms. The number of carbonyl (C=O) groups is 1. The molecule has 15 heavy (non-hydrogen) atoms. The predicted octanol–water partition coefficient (Wildman–Crippen LogP) is 3.74. The lowest BCUT2D eigenvalue weighted by Gasteiger charge is -2.35. The van der Waals surface area contributed by atoms with Crippen molar-refractivity contribution in [3.05, 3.63) is 11.1 Å². The van der Waals surface area contributed by atoms with Crippen molar-refractivity contribution in [1.82, 2.24) is 0 Å². The van der Waals surface area contributed by atoms with Crippen molar-refractivity contribution in [1.29, 1.82) is 0 Å². The lowest BCUT2D eigenvalue weighted by molar-refractivity contribution is -0.121. The quantitative estimate of drug-likeness (QED) is 0.638.